The quantitative estimate of drug-likeness (QED) is 0.0165. The molecule has 27 heteroatoms. The van der Waals surface area contributed by atoms with Crippen molar-refractivity contribution in [3.05, 3.63) is 40.3 Å². The average Bonchev–Trinajstić information content (AvgIpc) is 2.15. The van der Waals surface area contributed by atoms with E-state index in [2.05, 4.69) is 41.9 Å². The fourth-order valence-corrected chi connectivity index (χ4v) is 12.0. The lowest BCUT2D eigenvalue weighted by atomic mass is 9.89. The number of ether oxygens (including phenoxy) is 3. The Morgan fingerprint density at radius 2 is 1.39 bits per heavy atom. The molecule has 2 fully saturated rings. The molecule has 0 aromatic heterocycles. The maximum absolute atomic E-state index is 14.5. The Hall–Kier alpha value is -7.09. The molecule has 3 rings (SSSR count). The van der Waals surface area contributed by atoms with E-state index in [0.29, 0.717) is 63.0 Å². The van der Waals surface area contributed by atoms with Crippen LogP contribution in [0.1, 0.15) is 132 Å². The van der Waals surface area contributed by atoms with Crippen LogP contribution in [0.5, 0.6) is 0 Å². The van der Waals surface area contributed by atoms with Crippen LogP contribution in [0.15, 0.2) is 29.4 Å². The van der Waals surface area contributed by atoms with Crippen LogP contribution >= 0.6 is 0 Å². The van der Waals surface area contributed by atoms with E-state index in [9.17, 15) is 53.5 Å². The number of rotatable bonds is 36. The van der Waals surface area contributed by atoms with E-state index in [-0.39, 0.29) is 105 Å². The van der Waals surface area contributed by atoms with Gasteiger partial charge in [0.15, 0.2) is 0 Å². The number of methoxy groups -OCH3 is 3. The molecule has 2 aliphatic rings. The predicted octanol–water partition coefficient (Wildman–Crippen LogP) is 3.88. The monoisotopic (exact) mass is 1250 g/mol. The van der Waals surface area contributed by atoms with Crippen molar-refractivity contribution in [2.24, 2.45) is 46.4 Å². The summed E-state index contributed by atoms with van der Waals surface area (Å²) < 4.78 is 16.9. The summed E-state index contributed by atoms with van der Waals surface area (Å²) in [5.41, 5.74) is 15.7. The summed E-state index contributed by atoms with van der Waals surface area (Å²) in [6.45, 7) is 18.0. The van der Waals surface area contributed by atoms with Gasteiger partial charge < -0.3 is 66.5 Å². The molecule has 0 aliphatic carbocycles. The molecule has 0 spiro atoms. The number of likely N-dealkylation sites (tertiary alicyclic amines) is 2. The molecule has 27 nitrogen and oxygen atoms in total. The number of urea groups is 1. The highest BCUT2D eigenvalue weighted by Gasteiger charge is 2.44. The molecule has 1 unspecified atom stereocenters. The summed E-state index contributed by atoms with van der Waals surface area (Å²) in [5, 5.41) is 20.6. The van der Waals surface area contributed by atoms with Crippen molar-refractivity contribution in [1.29, 1.82) is 0 Å². The Labute approximate surface area is 526 Å². The number of carbonyl (C=O) groups is 10. The van der Waals surface area contributed by atoms with E-state index in [0.717, 1.165) is 0 Å². The Morgan fingerprint density at radius 3 is 1.93 bits per heavy atom. The molecule has 10 amide bonds. The smallest absolute Gasteiger partial charge is 0.312 e. The van der Waals surface area contributed by atoms with Gasteiger partial charge in [-0.2, -0.15) is 0 Å². The number of benzene rings is 1. The number of anilines is 1. The molecule has 8 N–H and O–H groups in total. The molecule has 11 atom stereocenters. The van der Waals surface area contributed by atoms with Gasteiger partial charge in [-0.15, -0.1) is 0 Å². The fourth-order valence-electron chi connectivity index (χ4n) is 12.0. The molecular weight excluding hydrogens is 1150 g/mol. The van der Waals surface area contributed by atoms with Crippen molar-refractivity contribution in [2.75, 3.05) is 80.5 Å². The van der Waals surface area contributed by atoms with Crippen LogP contribution in [0.25, 0.3) is 10.4 Å². The molecule has 0 radical (unpaired) electrons. The molecule has 2 saturated heterocycles. The number of nitrogens with zero attached hydrogens (tertiary/aromatic N) is 7. The van der Waals surface area contributed by atoms with Crippen LogP contribution in [-0.4, -0.2) is 209 Å². The topological polar surface area (TPSA) is 358 Å². The number of amides is 10. The molecule has 0 bridgehead atoms. The SMILES string of the molecule is CC[C@H](C)C([C@@H](CC(=O)N1CCC[C@H]1[C@H](OC)[C@@H](C)C(=O)N[C@H](CN=[N+]=[N-])Cc1ccc(NC(=O)[C@H](CCCNC(N)=O)NC(=O)[C@@H](NC(=O)CCC(=O)N2CCC(C(=O)OC)CC2)C(C)C)cc1)OC)N(C)C(=O)[C@@H](NC(=O)[C@H](C(C)C)N(C)C)C(C)C. The van der Waals surface area contributed by atoms with Gasteiger partial charge in [-0.3, -0.25) is 48.1 Å². The van der Waals surface area contributed by atoms with Crippen LogP contribution in [-0.2, 0) is 63.8 Å². The maximum atomic E-state index is 14.5. The van der Waals surface area contributed by atoms with Crippen LogP contribution in [0.3, 0.4) is 0 Å². The Bertz CT molecular complexity index is 2550. The van der Waals surface area contributed by atoms with Gasteiger partial charge in [0, 0.05) is 83.5 Å². The number of primary amides is 1. The number of nitrogens with one attached hydrogen (secondary N) is 6. The highest BCUT2D eigenvalue weighted by Crippen LogP contribution is 2.30. The Morgan fingerprint density at radius 1 is 0.753 bits per heavy atom. The Balaban J connectivity index is 1.72. The molecule has 2 heterocycles. The second kappa shape index (κ2) is 37.8. The lowest BCUT2D eigenvalue weighted by Gasteiger charge is -2.41. The second-order valence-corrected chi connectivity index (χ2v) is 24.9. The number of esters is 1. The van der Waals surface area contributed by atoms with Crippen molar-refractivity contribution >= 4 is 64.9 Å². The Kier molecular flexibility index (Phi) is 32.3. The van der Waals surface area contributed by atoms with E-state index in [1.165, 1.54) is 21.3 Å². The molecule has 89 heavy (non-hydrogen) atoms. The van der Waals surface area contributed by atoms with Gasteiger partial charge in [-0.25, -0.2) is 4.79 Å². The number of piperidine rings is 1. The van der Waals surface area contributed by atoms with Gasteiger partial charge in [0.25, 0.3) is 0 Å². The lowest BCUT2D eigenvalue weighted by Crippen LogP contribution is -2.59. The first-order chi connectivity index (χ1) is 42.0. The van der Waals surface area contributed by atoms with Crippen molar-refractivity contribution in [1.82, 2.24) is 46.2 Å². The molecular formula is C62H104N14O13. The zero-order valence-electron chi connectivity index (χ0n) is 55.3. The minimum absolute atomic E-state index is 0.00579. The lowest BCUT2D eigenvalue weighted by molar-refractivity contribution is -0.149. The third kappa shape index (κ3) is 23.3. The van der Waals surface area contributed by atoms with Crippen molar-refractivity contribution in [2.45, 2.75) is 187 Å². The fraction of sp³-hybridized carbons (Fsp3) is 0.742. The van der Waals surface area contributed by atoms with Crippen LogP contribution in [0.2, 0.25) is 0 Å². The van der Waals surface area contributed by atoms with Crippen LogP contribution in [0, 0.1) is 35.5 Å². The van der Waals surface area contributed by atoms with Gasteiger partial charge in [0.05, 0.1) is 55.7 Å². The molecule has 500 valence electrons. The summed E-state index contributed by atoms with van der Waals surface area (Å²) in [6.07, 6.45) is 1.51. The predicted molar refractivity (Wildman–Crippen MR) is 336 cm³/mol. The number of hydrogen-bond acceptors (Lipinski definition) is 15. The standard InChI is InChI=1S/C62H104N14O13/c1-16-39(8)54(74(12)60(84)52(37(4)5)71-59(83)53(38(6)7)73(10)11)47(87-13)34-50(79)76-30-18-20-46(76)55(88-14)40(9)56(80)68-44(35-66-72-64)33-41-21-23-43(24-22-41)67-57(81)45(19-17-29-65-62(63)86)69-58(82)51(36(2)3)70-48(77)25-26-49(78)75-31-27-42(28-32-75)61(85)89-15/h21-24,36-40,42,44-47,51-55H,16-20,25-35H2,1-15H3,(H,67,81)(H,68,80)(H,69,82)(H,70,77)(H,71,83)(H3,63,65,86)/t39-,40+,44-,45-,46-,47+,51-,52-,53-,54?,55+/m0/s1. The summed E-state index contributed by atoms with van der Waals surface area (Å²) in [6, 6.07) is 0.751. The van der Waals surface area contributed by atoms with Crippen molar-refractivity contribution < 1.29 is 62.2 Å². The highest BCUT2D eigenvalue weighted by atomic mass is 16.5. The van der Waals surface area contributed by atoms with Crippen molar-refractivity contribution in [3.63, 3.8) is 0 Å². The molecule has 2 aliphatic heterocycles. The first-order valence-electron chi connectivity index (χ1n) is 31.3. The van der Waals surface area contributed by atoms with E-state index in [4.69, 9.17) is 19.9 Å². The maximum Gasteiger partial charge on any atom is 0.312 e. The summed E-state index contributed by atoms with van der Waals surface area (Å²) in [4.78, 5) is 144. The van der Waals surface area contributed by atoms with Gasteiger partial charge in [0.1, 0.15) is 18.1 Å². The van der Waals surface area contributed by atoms with Gasteiger partial charge in [0.2, 0.25) is 47.3 Å². The van der Waals surface area contributed by atoms with E-state index < -0.39 is 96.0 Å². The minimum atomic E-state index is -1.13. The first kappa shape index (κ1) is 76.2. The molecule has 0 saturated carbocycles. The second-order valence-electron chi connectivity index (χ2n) is 24.9. The summed E-state index contributed by atoms with van der Waals surface area (Å²) >= 11 is 0. The highest BCUT2D eigenvalue weighted by molar-refractivity contribution is 5.98. The van der Waals surface area contributed by atoms with E-state index >= 15 is 0 Å². The molecule has 1 aromatic carbocycles. The zero-order valence-corrected chi connectivity index (χ0v) is 55.3. The average molecular weight is 1250 g/mol. The van der Waals surface area contributed by atoms with Crippen LogP contribution < -0.4 is 37.6 Å². The summed E-state index contributed by atoms with van der Waals surface area (Å²) in [5.74, 6) is -5.35. The third-order valence-electron chi connectivity index (χ3n) is 17.2. The van der Waals surface area contributed by atoms with Crippen molar-refractivity contribution in [3.8, 4) is 0 Å². The first-order valence-corrected chi connectivity index (χ1v) is 31.3. The number of nitrogens with two attached hydrogens (primary N) is 1. The number of carbonyl (C=O) groups excluding carboxylic acids is 10. The van der Waals surface area contributed by atoms with Gasteiger partial charge >= 0.3 is 12.0 Å². The number of azide groups is 1. The zero-order chi connectivity index (χ0) is 66.8. The van der Waals surface area contributed by atoms with E-state index in [1.807, 2.05) is 60.5 Å². The minimum Gasteiger partial charge on any atom is -0.469 e. The van der Waals surface area contributed by atoms with Crippen LogP contribution in [0.4, 0.5) is 10.5 Å². The van der Waals surface area contributed by atoms with Gasteiger partial charge in [-0.05, 0) is 106 Å². The third-order valence-corrected chi connectivity index (χ3v) is 17.2. The number of likely N-dealkylation sites (N-methyl/N-ethyl adjacent to an activating group) is 2. The largest absolute Gasteiger partial charge is 0.469 e. The van der Waals surface area contributed by atoms with Gasteiger partial charge in [-0.1, -0.05) is 86.0 Å². The van der Waals surface area contributed by atoms with E-state index in [1.54, 1.807) is 66.8 Å². The molecule has 1 aromatic rings. The normalized spacial score (nSPS) is 17.8. The number of hydrogen-bond donors (Lipinski definition) is 7. The summed E-state index contributed by atoms with van der Waals surface area (Å²) in [7, 11) is 9.69.